The fourth-order valence-corrected chi connectivity index (χ4v) is 8.83. The third-order valence-electron chi connectivity index (χ3n) is 11.3. The number of nitrogens with zero attached hydrogens (tertiary/aromatic N) is 8. The maximum absolute atomic E-state index is 13.7. The number of ether oxygens (including phenoxy) is 2. The minimum absolute atomic E-state index is 0.00993. The summed E-state index contributed by atoms with van der Waals surface area (Å²) in [6, 6.07) is 24.9. The summed E-state index contributed by atoms with van der Waals surface area (Å²) in [7, 11) is -13.1. The van der Waals surface area contributed by atoms with Crippen LogP contribution in [0.5, 0.6) is 11.5 Å². The van der Waals surface area contributed by atoms with Crippen molar-refractivity contribution >= 4 is 81.6 Å². The van der Waals surface area contributed by atoms with Crippen LogP contribution in [0.3, 0.4) is 0 Å². The number of rotatable bonds is 22. The summed E-state index contributed by atoms with van der Waals surface area (Å²) in [6.07, 6.45) is 1.02. The van der Waals surface area contributed by atoms with Crippen LogP contribution in [0.1, 0.15) is 64.3 Å². The van der Waals surface area contributed by atoms with Crippen LogP contribution >= 0.6 is 0 Å². The Morgan fingerprint density at radius 2 is 0.892 bits per heavy atom. The second-order valence-corrected chi connectivity index (χ2v) is 21.7. The number of azo groups is 4. The van der Waals surface area contributed by atoms with E-state index in [-0.39, 0.29) is 52.9 Å². The zero-order valence-corrected chi connectivity index (χ0v) is 44.0. The van der Waals surface area contributed by atoms with Crippen LogP contribution in [0.2, 0.25) is 0 Å². The standard InChI is InChI=1S/C51H54N8O12S3/c1-8-18-70-49-30-46(57-53-42-12-9-10-13-51(42)74(67,68)69)36(7)26-47(49)58-55-43-23-31(2)37(21-33(43)4)27-40(60)28-38-22-34(5)44(24-32(38)3)56-59-48-25-35(6)45(29-50(48)71-19-11-20-72(61,62)63)54-52-39-14-16-41(17-15-39)73(64,65)66/h9-10,12-17,21-26,29-30H,8,11,18-20,27-28H2,1-7H3,(H,61,62,63)(H,64,65,66)(H,67,68,69). The summed E-state index contributed by atoms with van der Waals surface area (Å²) in [5.41, 5.74) is 9.03. The number of carbonyl (C=O) groups excluding carboxylic acids is 1. The summed E-state index contributed by atoms with van der Waals surface area (Å²) >= 11 is 0. The molecule has 23 heteroatoms. The van der Waals surface area contributed by atoms with Crippen LogP contribution in [0.25, 0.3) is 0 Å². The number of Topliss-reactive ketones (excluding diaryl/α,β-unsaturated/α-hetero) is 1. The smallest absolute Gasteiger partial charge is 0.296 e. The van der Waals surface area contributed by atoms with Crippen molar-refractivity contribution in [2.45, 2.75) is 83.9 Å². The fraction of sp³-hybridized carbons (Fsp3) is 0.275. The Kier molecular flexibility index (Phi) is 18.3. The van der Waals surface area contributed by atoms with Crippen molar-refractivity contribution in [3.8, 4) is 11.5 Å². The molecule has 6 aromatic rings. The molecule has 0 amide bonds. The maximum atomic E-state index is 13.7. The highest BCUT2D eigenvalue weighted by molar-refractivity contribution is 7.86. The Hall–Kier alpha value is -7.28. The maximum Gasteiger partial charge on any atom is 0.296 e. The lowest BCUT2D eigenvalue weighted by Crippen LogP contribution is -2.09. The molecular weight excluding hydrogens is 1010 g/mol. The third kappa shape index (κ3) is 15.6. The van der Waals surface area contributed by atoms with Gasteiger partial charge in [0.05, 0.1) is 52.3 Å². The summed E-state index contributed by atoms with van der Waals surface area (Å²) in [5, 5.41) is 34.8. The molecule has 0 atom stereocenters. The van der Waals surface area contributed by atoms with E-state index in [0.29, 0.717) is 69.7 Å². The minimum atomic E-state index is -4.52. The van der Waals surface area contributed by atoms with Gasteiger partial charge in [0.2, 0.25) is 0 Å². The molecule has 6 aromatic carbocycles. The minimum Gasteiger partial charge on any atom is -0.491 e. The zero-order valence-electron chi connectivity index (χ0n) is 41.5. The molecule has 0 aliphatic rings. The quantitative estimate of drug-likeness (QED) is 0.0325. The van der Waals surface area contributed by atoms with Gasteiger partial charge in [0.1, 0.15) is 39.2 Å². The summed E-state index contributed by atoms with van der Waals surface area (Å²) < 4.78 is 109. The van der Waals surface area contributed by atoms with E-state index < -0.39 is 36.1 Å². The van der Waals surface area contributed by atoms with Crippen LogP contribution in [0.4, 0.5) is 45.5 Å². The molecule has 388 valence electrons. The first-order valence-corrected chi connectivity index (χ1v) is 27.4. The monoisotopic (exact) mass is 1070 g/mol. The van der Waals surface area contributed by atoms with E-state index in [4.69, 9.17) is 9.47 Å². The number of ketones is 1. The Balaban J connectivity index is 1.16. The van der Waals surface area contributed by atoms with Crippen molar-refractivity contribution in [3.05, 3.63) is 142 Å². The molecule has 0 aromatic heterocycles. The Labute approximate surface area is 429 Å². The van der Waals surface area contributed by atoms with Gasteiger partial charge in [-0.25, -0.2) is 0 Å². The van der Waals surface area contributed by atoms with E-state index in [2.05, 4.69) is 40.9 Å². The van der Waals surface area contributed by atoms with E-state index in [0.717, 1.165) is 33.4 Å². The SMILES string of the molecule is CCCOc1cc(N=Nc2ccccc2S(=O)(=O)O)c(C)cc1N=Nc1cc(C)c(CC(=O)Cc2cc(C)c(N=Nc3cc(C)c(N=Nc4ccc(S(=O)(=O)O)cc4)cc3OCCCS(=O)(=O)O)cc2C)cc1C. The number of aryl methyl sites for hydroxylation is 6. The molecule has 0 aliphatic carbocycles. The second-order valence-electron chi connectivity index (χ2n) is 17.3. The van der Waals surface area contributed by atoms with Gasteiger partial charge < -0.3 is 9.47 Å². The Bertz CT molecular complexity index is 3570. The highest BCUT2D eigenvalue weighted by Gasteiger charge is 2.18. The van der Waals surface area contributed by atoms with Gasteiger partial charge in [0, 0.05) is 25.0 Å². The van der Waals surface area contributed by atoms with E-state index in [1.54, 1.807) is 44.2 Å². The van der Waals surface area contributed by atoms with Gasteiger partial charge in [-0.3, -0.25) is 18.5 Å². The molecule has 0 unspecified atom stereocenters. The van der Waals surface area contributed by atoms with Crippen molar-refractivity contribution in [2.24, 2.45) is 40.9 Å². The average molecular weight is 1070 g/mol. The first-order chi connectivity index (χ1) is 34.9. The number of carbonyl (C=O) groups is 1. The van der Waals surface area contributed by atoms with Gasteiger partial charge >= 0.3 is 0 Å². The van der Waals surface area contributed by atoms with Crippen LogP contribution in [-0.2, 0) is 48.0 Å². The molecule has 20 nitrogen and oxygen atoms in total. The molecule has 0 spiro atoms. The van der Waals surface area contributed by atoms with Gasteiger partial charge in [0.15, 0.2) is 0 Å². The lowest BCUT2D eigenvalue weighted by atomic mass is 9.94. The van der Waals surface area contributed by atoms with Crippen molar-refractivity contribution < 1.29 is 53.2 Å². The molecule has 0 radical (unpaired) electrons. The topological polar surface area (TPSA) is 298 Å². The van der Waals surface area contributed by atoms with Crippen molar-refractivity contribution in [1.29, 1.82) is 0 Å². The van der Waals surface area contributed by atoms with Gasteiger partial charge in [-0.05, 0) is 160 Å². The molecular formula is C51H54N8O12S3. The van der Waals surface area contributed by atoms with Crippen LogP contribution in [-0.4, -0.2) is 63.7 Å². The zero-order chi connectivity index (χ0) is 54.0. The molecule has 0 heterocycles. The molecule has 3 N–H and O–H groups in total. The highest BCUT2D eigenvalue weighted by Crippen LogP contribution is 2.40. The van der Waals surface area contributed by atoms with Gasteiger partial charge in [-0.2, -0.15) is 50.8 Å². The predicted molar refractivity (Wildman–Crippen MR) is 278 cm³/mol. The largest absolute Gasteiger partial charge is 0.491 e. The fourth-order valence-electron chi connectivity index (χ4n) is 7.25. The summed E-state index contributed by atoms with van der Waals surface area (Å²) in [4.78, 5) is 13.0. The summed E-state index contributed by atoms with van der Waals surface area (Å²) in [5.74, 6) is 0.0532. The van der Waals surface area contributed by atoms with Crippen molar-refractivity contribution in [1.82, 2.24) is 0 Å². The van der Waals surface area contributed by atoms with Crippen LogP contribution in [0, 0.1) is 41.5 Å². The predicted octanol–water partition coefficient (Wildman–Crippen LogP) is 13.5. The van der Waals surface area contributed by atoms with E-state index >= 15 is 0 Å². The van der Waals surface area contributed by atoms with Crippen molar-refractivity contribution in [3.63, 3.8) is 0 Å². The van der Waals surface area contributed by atoms with E-state index in [9.17, 15) is 43.7 Å². The molecule has 6 rings (SSSR count). The first-order valence-electron chi connectivity index (χ1n) is 22.9. The Morgan fingerprint density at radius 3 is 1.36 bits per heavy atom. The first kappa shape index (κ1) is 56.0. The molecule has 74 heavy (non-hydrogen) atoms. The lowest BCUT2D eigenvalue weighted by Gasteiger charge is -2.12. The van der Waals surface area contributed by atoms with Gasteiger partial charge in [-0.15, -0.1) is 15.3 Å². The Morgan fingerprint density at radius 1 is 0.473 bits per heavy atom. The molecule has 0 aliphatic heterocycles. The third-order valence-corrected chi connectivity index (χ3v) is 13.8. The molecule has 0 saturated heterocycles. The number of hydrogen-bond donors (Lipinski definition) is 3. The number of hydrogen-bond acceptors (Lipinski definition) is 17. The van der Waals surface area contributed by atoms with Gasteiger partial charge in [0.25, 0.3) is 30.4 Å². The molecule has 0 saturated carbocycles. The van der Waals surface area contributed by atoms with Crippen molar-refractivity contribution in [2.75, 3.05) is 19.0 Å². The van der Waals surface area contributed by atoms with Crippen LogP contribution < -0.4 is 9.47 Å². The number of benzene rings is 6. The molecule has 0 fully saturated rings. The van der Waals surface area contributed by atoms with Crippen LogP contribution in [0.15, 0.2) is 148 Å². The average Bonchev–Trinajstić information content (AvgIpc) is 3.32. The second kappa shape index (κ2) is 24.2. The highest BCUT2D eigenvalue weighted by atomic mass is 32.2. The van der Waals surface area contributed by atoms with E-state index in [1.165, 1.54) is 42.5 Å². The summed E-state index contributed by atoms with van der Waals surface area (Å²) in [6.45, 7) is 13.3. The normalized spacial score (nSPS) is 12.5. The molecule has 0 bridgehead atoms. The lowest BCUT2D eigenvalue weighted by molar-refractivity contribution is -0.117. The van der Waals surface area contributed by atoms with E-state index in [1.807, 2.05) is 58.9 Å². The van der Waals surface area contributed by atoms with Gasteiger partial charge in [-0.1, -0.05) is 31.2 Å².